The SMILES string of the molecule is CC/C=C\C/C=C\C/C=C\C/C=C\C/C=C\C/C=C\C/C=C\C/C=C\C/C=C\CCCCCC(=O)OCC(COC(=O)CCCCCCC/C=C\CCCC)OC(=O)CCCCCCCCCC/C=C\C/C=C\C/C=C\CCCCCCC. The van der Waals surface area contributed by atoms with Gasteiger partial charge >= 0.3 is 17.9 Å². The van der Waals surface area contributed by atoms with Crippen molar-refractivity contribution in [2.75, 3.05) is 13.2 Å². The van der Waals surface area contributed by atoms with Crippen molar-refractivity contribution in [1.29, 1.82) is 0 Å². The van der Waals surface area contributed by atoms with E-state index in [0.717, 1.165) is 154 Å². The fourth-order valence-electron chi connectivity index (χ4n) is 8.89. The van der Waals surface area contributed by atoms with Crippen molar-refractivity contribution >= 4 is 17.9 Å². The molecule has 0 aliphatic carbocycles. The molecular weight excluding hydrogens is 1020 g/mol. The van der Waals surface area contributed by atoms with Gasteiger partial charge in [0.15, 0.2) is 6.10 Å². The quantitative estimate of drug-likeness (QED) is 0.0261. The van der Waals surface area contributed by atoms with Gasteiger partial charge in [-0.1, -0.05) is 281 Å². The molecule has 0 aromatic rings. The lowest BCUT2D eigenvalue weighted by molar-refractivity contribution is -0.167. The van der Waals surface area contributed by atoms with Crippen molar-refractivity contribution in [2.24, 2.45) is 0 Å². The van der Waals surface area contributed by atoms with E-state index in [-0.39, 0.29) is 31.1 Å². The summed E-state index contributed by atoms with van der Waals surface area (Å²) in [6, 6.07) is 0. The van der Waals surface area contributed by atoms with E-state index in [9.17, 15) is 14.4 Å². The second-order valence-corrected chi connectivity index (χ2v) is 22.0. The average Bonchev–Trinajstić information content (AvgIpc) is 3.48. The summed E-state index contributed by atoms with van der Waals surface area (Å²) in [5.74, 6) is -0.953. The Morgan fingerprint density at radius 3 is 0.795 bits per heavy atom. The molecule has 0 spiro atoms. The molecule has 0 aromatic carbocycles. The standard InChI is InChI=1S/C77H124O6/c1-4-7-10-13-16-19-22-24-26-28-30-32-34-35-36-37-38-39-40-41-43-44-46-48-50-52-55-58-61-64-67-70-76(79)82-73-74(72-81-75(78)69-66-63-60-57-54-21-18-15-12-9-6-3)83-77(80)71-68-65-62-59-56-53-51-49-47-45-42-33-31-29-27-25-23-20-17-14-11-8-5-2/h7,10,15-16,18-19,23-26,29-32,35-36,38-39,41-43,45-46,48,52,55,74H,4-6,8-9,11-14,17,20-22,27-28,33-34,37,40,44,47,49-51,53-54,56-73H2,1-3H3/b10-7-,18-15-,19-16-,25-23-,26-24-,31-29-,32-30-,36-35-,39-38-,43-41-,45-42-,48-46-,55-52-. The van der Waals surface area contributed by atoms with Crippen molar-refractivity contribution in [1.82, 2.24) is 0 Å². The first-order chi connectivity index (χ1) is 41.0. The highest BCUT2D eigenvalue weighted by atomic mass is 16.6. The largest absolute Gasteiger partial charge is 0.462 e. The number of hydrogen-bond acceptors (Lipinski definition) is 6. The highest BCUT2D eigenvalue weighted by Gasteiger charge is 2.19. The van der Waals surface area contributed by atoms with E-state index in [1.165, 1.54) is 96.3 Å². The summed E-state index contributed by atoms with van der Waals surface area (Å²) in [5.41, 5.74) is 0. The first kappa shape index (κ1) is 78.0. The summed E-state index contributed by atoms with van der Waals surface area (Å²) in [7, 11) is 0. The lowest BCUT2D eigenvalue weighted by atomic mass is 10.1. The molecule has 0 radical (unpaired) electrons. The van der Waals surface area contributed by atoms with Crippen LogP contribution < -0.4 is 0 Å². The van der Waals surface area contributed by atoms with Crippen LogP contribution in [0.25, 0.3) is 0 Å². The minimum absolute atomic E-state index is 0.102. The Hall–Kier alpha value is -4.97. The summed E-state index contributed by atoms with van der Waals surface area (Å²) < 4.78 is 16.9. The maximum Gasteiger partial charge on any atom is 0.306 e. The van der Waals surface area contributed by atoms with Crippen LogP contribution in [0.4, 0.5) is 0 Å². The van der Waals surface area contributed by atoms with E-state index in [4.69, 9.17) is 14.2 Å². The van der Waals surface area contributed by atoms with Crippen molar-refractivity contribution in [3.05, 3.63) is 158 Å². The molecule has 1 atom stereocenters. The van der Waals surface area contributed by atoms with Crippen molar-refractivity contribution in [3.63, 3.8) is 0 Å². The van der Waals surface area contributed by atoms with Gasteiger partial charge in [0.05, 0.1) is 0 Å². The van der Waals surface area contributed by atoms with Crippen LogP contribution in [0.15, 0.2) is 158 Å². The Morgan fingerprint density at radius 2 is 0.482 bits per heavy atom. The Kier molecular flexibility index (Phi) is 65.4. The molecule has 0 N–H and O–H groups in total. The predicted molar refractivity (Wildman–Crippen MR) is 362 cm³/mol. The van der Waals surface area contributed by atoms with Gasteiger partial charge in [-0.25, -0.2) is 0 Å². The molecule has 6 heteroatoms. The summed E-state index contributed by atoms with van der Waals surface area (Å²) >= 11 is 0. The Bertz CT molecular complexity index is 1840. The number of rotatable bonds is 60. The van der Waals surface area contributed by atoms with E-state index in [0.29, 0.717) is 19.3 Å². The van der Waals surface area contributed by atoms with Gasteiger partial charge in [-0.3, -0.25) is 14.4 Å². The Morgan fingerprint density at radius 1 is 0.253 bits per heavy atom. The average molecular weight is 1150 g/mol. The zero-order valence-electron chi connectivity index (χ0n) is 53.7. The van der Waals surface area contributed by atoms with Crippen LogP contribution >= 0.6 is 0 Å². The van der Waals surface area contributed by atoms with Gasteiger partial charge in [0.25, 0.3) is 0 Å². The third-order valence-electron chi connectivity index (χ3n) is 14.0. The van der Waals surface area contributed by atoms with E-state index in [2.05, 4.69) is 179 Å². The molecule has 0 saturated carbocycles. The number of unbranched alkanes of at least 4 members (excludes halogenated alkanes) is 23. The van der Waals surface area contributed by atoms with E-state index >= 15 is 0 Å². The smallest absolute Gasteiger partial charge is 0.306 e. The van der Waals surface area contributed by atoms with Crippen LogP contribution in [-0.4, -0.2) is 37.2 Å². The molecule has 468 valence electrons. The molecule has 0 aliphatic rings. The van der Waals surface area contributed by atoms with Gasteiger partial charge in [0.1, 0.15) is 13.2 Å². The van der Waals surface area contributed by atoms with Gasteiger partial charge in [-0.2, -0.15) is 0 Å². The van der Waals surface area contributed by atoms with E-state index < -0.39 is 6.10 Å². The maximum atomic E-state index is 12.9. The lowest BCUT2D eigenvalue weighted by Gasteiger charge is -2.18. The summed E-state index contributed by atoms with van der Waals surface area (Å²) in [4.78, 5) is 38.3. The van der Waals surface area contributed by atoms with Crippen LogP contribution in [-0.2, 0) is 28.6 Å². The fourth-order valence-corrected chi connectivity index (χ4v) is 8.89. The number of ether oxygens (including phenoxy) is 3. The van der Waals surface area contributed by atoms with Crippen molar-refractivity contribution < 1.29 is 28.6 Å². The third kappa shape index (κ3) is 67.7. The molecule has 0 fully saturated rings. The Balaban J connectivity index is 4.38. The molecule has 1 unspecified atom stereocenters. The maximum absolute atomic E-state index is 12.9. The molecule has 0 heterocycles. The molecule has 0 amide bonds. The first-order valence-corrected chi connectivity index (χ1v) is 34.0. The van der Waals surface area contributed by atoms with Crippen LogP contribution in [0.3, 0.4) is 0 Å². The summed E-state index contributed by atoms with van der Waals surface area (Å²) in [5, 5.41) is 0. The summed E-state index contributed by atoms with van der Waals surface area (Å²) in [6.45, 7) is 6.44. The Labute approximate surface area is 511 Å². The number of carbonyl (C=O) groups is 3. The van der Waals surface area contributed by atoms with Gasteiger partial charge < -0.3 is 14.2 Å². The monoisotopic (exact) mass is 1140 g/mol. The molecular formula is C77H124O6. The minimum atomic E-state index is -0.808. The zero-order chi connectivity index (χ0) is 59.9. The highest BCUT2D eigenvalue weighted by Crippen LogP contribution is 2.14. The number of hydrogen-bond donors (Lipinski definition) is 0. The van der Waals surface area contributed by atoms with Crippen molar-refractivity contribution in [2.45, 2.75) is 297 Å². The molecule has 83 heavy (non-hydrogen) atoms. The van der Waals surface area contributed by atoms with Gasteiger partial charge in [0, 0.05) is 19.3 Å². The topological polar surface area (TPSA) is 78.9 Å². The number of allylic oxidation sites excluding steroid dienone is 26. The molecule has 6 nitrogen and oxygen atoms in total. The number of carbonyl (C=O) groups excluding carboxylic acids is 3. The van der Waals surface area contributed by atoms with Gasteiger partial charge in [-0.15, -0.1) is 0 Å². The van der Waals surface area contributed by atoms with Crippen LogP contribution in [0, 0.1) is 0 Å². The summed E-state index contributed by atoms with van der Waals surface area (Å²) in [6.07, 6.45) is 101. The third-order valence-corrected chi connectivity index (χ3v) is 14.0. The lowest BCUT2D eigenvalue weighted by Crippen LogP contribution is -2.30. The van der Waals surface area contributed by atoms with Crippen LogP contribution in [0.5, 0.6) is 0 Å². The van der Waals surface area contributed by atoms with E-state index in [1.807, 2.05) is 0 Å². The molecule has 0 saturated heterocycles. The molecule has 0 aliphatic heterocycles. The van der Waals surface area contributed by atoms with E-state index in [1.54, 1.807) is 0 Å². The highest BCUT2D eigenvalue weighted by molar-refractivity contribution is 5.71. The second kappa shape index (κ2) is 69.5. The fraction of sp³-hybridized carbons (Fsp3) is 0.623. The van der Waals surface area contributed by atoms with Crippen LogP contribution in [0.2, 0.25) is 0 Å². The number of esters is 3. The zero-order valence-corrected chi connectivity index (χ0v) is 53.7. The normalized spacial score (nSPS) is 13.1. The van der Waals surface area contributed by atoms with Crippen molar-refractivity contribution in [3.8, 4) is 0 Å². The molecule has 0 bridgehead atoms. The first-order valence-electron chi connectivity index (χ1n) is 34.0. The van der Waals surface area contributed by atoms with Crippen LogP contribution in [0.1, 0.15) is 290 Å². The molecule has 0 rings (SSSR count). The predicted octanol–water partition coefficient (Wildman–Crippen LogP) is 23.7. The van der Waals surface area contributed by atoms with Gasteiger partial charge in [-0.05, 0) is 148 Å². The molecule has 0 aromatic heterocycles. The second-order valence-electron chi connectivity index (χ2n) is 22.0. The van der Waals surface area contributed by atoms with Gasteiger partial charge in [0.2, 0.25) is 0 Å². The minimum Gasteiger partial charge on any atom is -0.462 e.